The first kappa shape index (κ1) is 32.3. The summed E-state index contributed by atoms with van der Waals surface area (Å²) < 4.78 is 50.3. The van der Waals surface area contributed by atoms with Crippen LogP contribution in [0.5, 0.6) is 0 Å². The van der Waals surface area contributed by atoms with Gasteiger partial charge in [0, 0.05) is 45.5 Å². The van der Waals surface area contributed by atoms with Crippen LogP contribution in [0.2, 0.25) is 0 Å². The summed E-state index contributed by atoms with van der Waals surface area (Å²) in [5, 5.41) is 13.2. The lowest BCUT2D eigenvalue weighted by molar-refractivity contribution is -0.137. The average Bonchev–Trinajstić information content (AvgIpc) is 3.42. The molecule has 0 spiro atoms. The number of carboxylic acid groups (broad SMARTS) is 1. The Balaban J connectivity index is 1.46. The standard InChI is InChI=1S/C31H39FN4O6S2/c1-42-19-22-15-23-14-21(6-7-29(37)38)16-27(30(23)33-18-22)44(40,41)35-25(17-28-34-24-4-2-3-5-26(24)43-28)31(39)36-12-9-20(8-11-32)10-13-36/h2-5,14,16,20,22,25,33,35H,6-13,15,17-19H2,1H3,(H,37,38)/t22-,25-/m0/s1. The molecule has 1 amide bonds. The number of ether oxygens (including phenoxy) is 1. The number of nitrogens with zero attached hydrogens (tertiary/aromatic N) is 2. The largest absolute Gasteiger partial charge is 0.481 e. The van der Waals surface area contributed by atoms with Gasteiger partial charge in [-0.1, -0.05) is 18.2 Å². The Kier molecular flexibility index (Phi) is 10.5. The van der Waals surface area contributed by atoms with E-state index in [1.165, 1.54) is 17.4 Å². The van der Waals surface area contributed by atoms with Crippen LogP contribution < -0.4 is 10.0 Å². The van der Waals surface area contributed by atoms with Gasteiger partial charge in [-0.3, -0.25) is 14.0 Å². The van der Waals surface area contributed by atoms with Gasteiger partial charge in [0.15, 0.2) is 0 Å². The zero-order chi connectivity index (χ0) is 31.3. The number of carbonyl (C=O) groups excluding carboxylic acids is 1. The van der Waals surface area contributed by atoms with Crippen LogP contribution in [0.15, 0.2) is 41.3 Å². The number of likely N-dealkylation sites (tertiary alicyclic amines) is 1. The topological polar surface area (TPSA) is 138 Å². The summed E-state index contributed by atoms with van der Waals surface area (Å²) in [6, 6.07) is 9.85. The summed E-state index contributed by atoms with van der Waals surface area (Å²) in [7, 11) is -2.64. The SMILES string of the molecule is COC[C@@H]1CNc2c(cc(CCC(=O)O)cc2S(=O)(=O)N[C@@H](Cc2nc3ccccc3s2)C(=O)N2CCC(CCF)CC2)C1. The van der Waals surface area contributed by atoms with E-state index < -0.39 is 28.7 Å². The fourth-order valence-electron chi connectivity index (χ4n) is 6.12. The molecule has 10 nitrogen and oxygen atoms in total. The van der Waals surface area contributed by atoms with Gasteiger partial charge in [-0.15, -0.1) is 11.3 Å². The maximum Gasteiger partial charge on any atom is 0.303 e. The number of carbonyl (C=O) groups is 2. The highest BCUT2D eigenvalue weighted by Crippen LogP contribution is 2.34. The number of methoxy groups -OCH3 is 1. The molecule has 238 valence electrons. The number of alkyl halides is 1. The fourth-order valence-corrected chi connectivity index (χ4v) is 8.59. The number of anilines is 1. The first-order valence-electron chi connectivity index (χ1n) is 15.0. The molecule has 1 saturated heterocycles. The molecule has 0 saturated carbocycles. The number of sulfonamides is 1. The summed E-state index contributed by atoms with van der Waals surface area (Å²) in [5.74, 6) is -0.982. The lowest BCUT2D eigenvalue weighted by Gasteiger charge is -2.34. The molecule has 13 heteroatoms. The molecule has 2 aliphatic rings. The van der Waals surface area contributed by atoms with Crippen molar-refractivity contribution in [1.82, 2.24) is 14.6 Å². The Morgan fingerprint density at radius 1 is 1.23 bits per heavy atom. The number of nitrogens with one attached hydrogen (secondary N) is 2. The lowest BCUT2D eigenvalue weighted by Crippen LogP contribution is -2.51. The monoisotopic (exact) mass is 646 g/mol. The van der Waals surface area contributed by atoms with E-state index >= 15 is 0 Å². The van der Waals surface area contributed by atoms with Crippen molar-refractivity contribution in [3.8, 4) is 0 Å². The number of halogens is 1. The third-order valence-corrected chi connectivity index (χ3v) is 10.9. The molecule has 2 aliphatic heterocycles. The second-order valence-corrected chi connectivity index (χ2v) is 14.4. The highest BCUT2D eigenvalue weighted by molar-refractivity contribution is 7.89. The van der Waals surface area contributed by atoms with Crippen LogP contribution >= 0.6 is 11.3 Å². The van der Waals surface area contributed by atoms with Crippen molar-refractivity contribution in [3.63, 3.8) is 0 Å². The van der Waals surface area contributed by atoms with Crippen molar-refractivity contribution in [2.45, 2.75) is 55.9 Å². The number of piperidine rings is 1. The number of fused-ring (bicyclic) bond motifs is 2. The molecule has 2 aromatic carbocycles. The molecule has 1 aromatic heterocycles. The first-order valence-corrected chi connectivity index (χ1v) is 17.3. The van der Waals surface area contributed by atoms with Gasteiger partial charge in [-0.2, -0.15) is 4.72 Å². The van der Waals surface area contributed by atoms with Crippen molar-refractivity contribution in [2.75, 3.05) is 45.3 Å². The molecular weight excluding hydrogens is 607 g/mol. The number of hydrogen-bond acceptors (Lipinski definition) is 8. The molecule has 0 radical (unpaired) electrons. The number of aromatic nitrogens is 1. The zero-order valence-corrected chi connectivity index (χ0v) is 26.4. The van der Waals surface area contributed by atoms with Crippen molar-refractivity contribution in [3.05, 3.63) is 52.5 Å². The molecule has 0 aliphatic carbocycles. The number of benzene rings is 2. The third-order valence-electron chi connectivity index (χ3n) is 8.40. The van der Waals surface area contributed by atoms with Crippen LogP contribution in [0.1, 0.15) is 41.8 Å². The van der Waals surface area contributed by atoms with Gasteiger partial charge in [0.25, 0.3) is 0 Å². The predicted octanol–water partition coefficient (Wildman–Crippen LogP) is 4.03. The smallest absolute Gasteiger partial charge is 0.303 e. The van der Waals surface area contributed by atoms with E-state index in [1.54, 1.807) is 12.0 Å². The normalized spacial score (nSPS) is 18.1. The number of carboxylic acids is 1. The quantitative estimate of drug-likeness (QED) is 0.253. The Labute approximate surface area is 261 Å². The Hall–Kier alpha value is -3.13. The molecule has 3 N–H and O–H groups in total. The predicted molar refractivity (Wildman–Crippen MR) is 167 cm³/mol. The summed E-state index contributed by atoms with van der Waals surface area (Å²) in [6.45, 7) is 1.48. The van der Waals surface area contributed by atoms with Gasteiger partial charge in [-0.05, 0) is 67.3 Å². The zero-order valence-electron chi connectivity index (χ0n) is 24.8. The van der Waals surface area contributed by atoms with Crippen LogP contribution in [0, 0.1) is 11.8 Å². The minimum atomic E-state index is -4.26. The number of para-hydroxylation sites is 1. The number of hydrogen-bond donors (Lipinski definition) is 3. The van der Waals surface area contributed by atoms with Gasteiger partial charge < -0.3 is 20.1 Å². The maximum absolute atomic E-state index is 14.2. The minimum Gasteiger partial charge on any atom is -0.481 e. The van der Waals surface area contributed by atoms with Crippen molar-refractivity contribution in [2.24, 2.45) is 11.8 Å². The summed E-state index contributed by atoms with van der Waals surface area (Å²) in [4.78, 5) is 31.6. The van der Waals surface area contributed by atoms with E-state index in [-0.39, 0.29) is 41.9 Å². The van der Waals surface area contributed by atoms with Crippen LogP contribution in [-0.4, -0.2) is 81.4 Å². The highest BCUT2D eigenvalue weighted by Gasteiger charge is 2.35. The minimum absolute atomic E-state index is 0.00462. The molecule has 2 atom stereocenters. The molecule has 3 heterocycles. The first-order chi connectivity index (χ1) is 21.2. The average molecular weight is 647 g/mol. The highest BCUT2D eigenvalue weighted by atomic mass is 32.2. The summed E-state index contributed by atoms with van der Waals surface area (Å²) in [5.41, 5.74) is 2.60. The molecule has 3 aromatic rings. The van der Waals surface area contributed by atoms with Gasteiger partial charge in [0.05, 0.1) is 34.2 Å². The number of thiazole rings is 1. The van der Waals surface area contributed by atoms with E-state index in [2.05, 4.69) is 15.0 Å². The van der Waals surface area contributed by atoms with E-state index in [9.17, 15) is 27.5 Å². The van der Waals surface area contributed by atoms with E-state index in [4.69, 9.17) is 4.74 Å². The second-order valence-electron chi connectivity index (χ2n) is 11.6. The Morgan fingerprint density at radius 2 is 2.00 bits per heavy atom. The van der Waals surface area contributed by atoms with Gasteiger partial charge in [0.1, 0.15) is 10.9 Å². The van der Waals surface area contributed by atoms with Crippen molar-refractivity contribution < 1.29 is 32.2 Å². The van der Waals surface area contributed by atoms with Crippen molar-refractivity contribution in [1.29, 1.82) is 0 Å². The molecule has 44 heavy (non-hydrogen) atoms. The van der Waals surface area contributed by atoms with E-state index in [1.807, 2.05) is 30.3 Å². The number of amides is 1. The van der Waals surface area contributed by atoms with Gasteiger partial charge in [0.2, 0.25) is 15.9 Å². The van der Waals surface area contributed by atoms with Crippen LogP contribution in [-0.2, 0) is 43.6 Å². The van der Waals surface area contributed by atoms with E-state index in [0.29, 0.717) is 68.2 Å². The molecule has 1 fully saturated rings. The second kappa shape index (κ2) is 14.3. The number of aliphatic carboxylic acids is 1. The number of rotatable bonds is 13. The van der Waals surface area contributed by atoms with Crippen LogP contribution in [0.4, 0.5) is 10.1 Å². The van der Waals surface area contributed by atoms with Gasteiger partial charge in [-0.25, -0.2) is 13.4 Å². The van der Waals surface area contributed by atoms with E-state index in [0.717, 1.165) is 15.8 Å². The molecule has 0 bridgehead atoms. The van der Waals surface area contributed by atoms with Gasteiger partial charge >= 0.3 is 5.97 Å². The summed E-state index contributed by atoms with van der Waals surface area (Å²) in [6.07, 6.45) is 2.47. The molecule has 5 rings (SSSR count). The molecule has 0 unspecified atom stereocenters. The lowest BCUT2D eigenvalue weighted by atomic mass is 9.92. The summed E-state index contributed by atoms with van der Waals surface area (Å²) >= 11 is 1.42. The molecular formula is C31H39FN4O6S2. The van der Waals surface area contributed by atoms with Crippen molar-refractivity contribution >= 4 is 49.1 Å². The fraction of sp³-hybridized carbons (Fsp3) is 0.516. The Bertz CT molecular complexity index is 1560. The Morgan fingerprint density at radius 3 is 2.70 bits per heavy atom. The third kappa shape index (κ3) is 7.74. The van der Waals surface area contributed by atoms with Crippen LogP contribution in [0.25, 0.3) is 10.2 Å². The maximum atomic E-state index is 14.2. The van der Waals surface area contributed by atoms with Crippen LogP contribution in [0.3, 0.4) is 0 Å². The number of aryl methyl sites for hydroxylation is 1.